The van der Waals surface area contributed by atoms with E-state index in [0.717, 1.165) is 53.2 Å². The lowest BCUT2D eigenvalue weighted by atomic mass is 10.2. The zero-order chi connectivity index (χ0) is 17.5. The molecule has 25 heavy (non-hydrogen) atoms. The van der Waals surface area contributed by atoms with Gasteiger partial charge in [0, 0.05) is 18.4 Å². The second-order valence-corrected chi connectivity index (χ2v) is 6.65. The van der Waals surface area contributed by atoms with E-state index in [-0.39, 0.29) is 5.97 Å². The molecule has 0 saturated carbocycles. The molecule has 2 heterocycles. The smallest absolute Gasteiger partial charge is 0.305 e. The number of methoxy groups -OCH3 is 1. The van der Waals surface area contributed by atoms with Gasteiger partial charge in [0.05, 0.1) is 17.5 Å². The lowest BCUT2D eigenvalue weighted by Gasteiger charge is -2.10. The van der Waals surface area contributed by atoms with Crippen molar-refractivity contribution in [3.8, 4) is 10.7 Å². The summed E-state index contributed by atoms with van der Waals surface area (Å²) in [7, 11) is 1.43. The van der Waals surface area contributed by atoms with Gasteiger partial charge in [0.2, 0.25) is 0 Å². The average molecular weight is 355 g/mol. The number of thiophene rings is 1. The highest BCUT2D eigenvalue weighted by molar-refractivity contribution is 7.13. The van der Waals surface area contributed by atoms with Gasteiger partial charge < -0.3 is 10.1 Å². The van der Waals surface area contributed by atoms with Gasteiger partial charge in [-0.1, -0.05) is 24.6 Å². The summed E-state index contributed by atoms with van der Waals surface area (Å²) in [5.74, 6) is 1.47. The highest BCUT2D eigenvalue weighted by Crippen LogP contribution is 2.27. The lowest BCUT2D eigenvalue weighted by molar-refractivity contribution is -0.140. The third-order valence-electron chi connectivity index (χ3n) is 3.92. The molecule has 0 aliphatic carbocycles. The number of anilines is 1. The number of hydrogen-bond acceptors (Lipinski definition) is 6. The van der Waals surface area contributed by atoms with Gasteiger partial charge in [-0.25, -0.2) is 9.97 Å². The summed E-state index contributed by atoms with van der Waals surface area (Å²) < 4.78 is 4.65. The predicted octanol–water partition coefficient (Wildman–Crippen LogP) is 4.50. The first-order valence-electron chi connectivity index (χ1n) is 8.39. The Morgan fingerprint density at radius 2 is 2.00 bits per heavy atom. The number of fused-ring (bicyclic) bond motifs is 1. The summed E-state index contributed by atoms with van der Waals surface area (Å²) in [5, 5.41) is 6.48. The maximum absolute atomic E-state index is 11.1. The molecule has 3 rings (SSSR count). The van der Waals surface area contributed by atoms with Crippen LogP contribution in [-0.2, 0) is 9.53 Å². The predicted molar refractivity (Wildman–Crippen MR) is 102 cm³/mol. The molecule has 0 spiro atoms. The van der Waals surface area contributed by atoms with Crippen LogP contribution < -0.4 is 5.32 Å². The van der Waals surface area contributed by atoms with Crippen LogP contribution in [0.1, 0.15) is 25.7 Å². The monoisotopic (exact) mass is 355 g/mol. The van der Waals surface area contributed by atoms with Crippen LogP contribution in [0.4, 0.5) is 5.82 Å². The van der Waals surface area contributed by atoms with Crippen molar-refractivity contribution in [2.75, 3.05) is 19.0 Å². The molecule has 0 radical (unpaired) electrons. The Hall–Kier alpha value is -2.47. The van der Waals surface area contributed by atoms with E-state index in [1.807, 2.05) is 41.8 Å². The number of para-hydroxylation sites is 1. The molecule has 6 heteroatoms. The molecular weight excluding hydrogens is 334 g/mol. The Morgan fingerprint density at radius 3 is 2.80 bits per heavy atom. The van der Waals surface area contributed by atoms with Gasteiger partial charge in [-0.05, 0) is 36.4 Å². The number of carbonyl (C=O) groups excluding carboxylic acids is 1. The van der Waals surface area contributed by atoms with Gasteiger partial charge in [-0.2, -0.15) is 0 Å². The van der Waals surface area contributed by atoms with Gasteiger partial charge >= 0.3 is 5.97 Å². The highest BCUT2D eigenvalue weighted by Gasteiger charge is 2.09. The molecule has 0 amide bonds. The van der Waals surface area contributed by atoms with E-state index in [1.165, 1.54) is 7.11 Å². The molecule has 5 nitrogen and oxygen atoms in total. The number of benzene rings is 1. The number of ether oxygens (including phenoxy) is 1. The Morgan fingerprint density at radius 1 is 1.12 bits per heavy atom. The average Bonchev–Trinajstić information content (AvgIpc) is 3.18. The summed E-state index contributed by atoms with van der Waals surface area (Å²) in [6.45, 7) is 0.812. The van der Waals surface area contributed by atoms with Crippen LogP contribution in [0.25, 0.3) is 21.6 Å². The van der Waals surface area contributed by atoms with Crippen LogP contribution in [0, 0.1) is 0 Å². The third-order valence-corrected chi connectivity index (χ3v) is 4.79. The molecule has 0 aliphatic rings. The maximum atomic E-state index is 11.1. The van der Waals surface area contributed by atoms with Crippen LogP contribution >= 0.6 is 11.3 Å². The van der Waals surface area contributed by atoms with E-state index in [4.69, 9.17) is 4.98 Å². The number of nitrogens with zero attached hydrogens (tertiary/aromatic N) is 2. The van der Waals surface area contributed by atoms with E-state index < -0.39 is 0 Å². The van der Waals surface area contributed by atoms with Crippen LogP contribution in [0.3, 0.4) is 0 Å². The minimum absolute atomic E-state index is 0.143. The first-order chi connectivity index (χ1) is 12.3. The van der Waals surface area contributed by atoms with Crippen molar-refractivity contribution in [1.29, 1.82) is 0 Å². The molecule has 0 saturated heterocycles. The Balaban J connectivity index is 1.67. The standard InChI is InChI=1S/C19H21N3O2S/c1-24-17(23)11-3-2-6-12-20-18-14-8-4-5-9-15(14)21-19(22-18)16-10-7-13-25-16/h4-5,7-10,13H,2-3,6,11-12H2,1H3,(H,20,21,22). The van der Waals surface area contributed by atoms with Crippen molar-refractivity contribution >= 4 is 34.0 Å². The van der Waals surface area contributed by atoms with Gasteiger partial charge in [0.15, 0.2) is 5.82 Å². The van der Waals surface area contributed by atoms with Crippen molar-refractivity contribution < 1.29 is 9.53 Å². The zero-order valence-electron chi connectivity index (χ0n) is 14.2. The second-order valence-electron chi connectivity index (χ2n) is 5.70. The van der Waals surface area contributed by atoms with E-state index in [2.05, 4.69) is 15.0 Å². The summed E-state index contributed by atoms with van der Waals surface area (Å²) in [5.41, 5.74) is 0.939. The van der Waals surface area contributed by atoms with E-state index >= 15 is 0 Å². The summed E-state index contributed by atoms with van der Waals surface area (Å²) in [6, 6.07) is 12.1. The van der Waals surface area contributed by atoms with Crippen molar-refractivity contribution in [3.05, 3.63) is 41.8 Å². The number of esters is 1. The van der Waals surface area contributed by atoms with E-state index in [9.17, 15) is 4.79 Å². The topological polar surface area (TPSA) is 64.1 Å². The first kappa shape index (κ1) is 17.4. The molecule has 1 aromatic carbocycles. The molecule has 0 unspecified atom stereocenters. The molecule has 0 aliphatic heterocycles. The fourth-order valence-corrected chi connectivity index (χ4v) is 3.26. The molecular formula is C19H21N3O2S. The fraction of sp³-hybridized carbons (Fsp3) is 0.316. The van der Waals surface area contributed by atoms with E-state index in [0.29, 0.717) is 6.42 Å². The fourth-order valence-electron chi connectivity index (χ4n) is 2.61. The largest absolute Gasteiger partial charge is 0.469 e. The minimum Gasteiger partial charge on any atom is -0.469 e. The SMILES string of the molecule is COC(=O)CCCCCNc1nc(-c2cccs2)nc2ccccc12. The molecule has 0 bridgehead atoms. The molecule has 1 N–H and O–H groups in total. The van der Waals surface area contributed by atoms with Crippen molar-refractivity contribution in [2.24, 2.45) is 0 Å². The van der Waals surface area contributed by atoms with Gasteiger partial charge in [0.25, 0.3) is 0 Å². The summed E-state index contributed by atoms with van der Waals surface area (Å²) in [6.07, 6.45) is 3.28. The number of aromatic nitrogens is 2. The van der Waals surface area contributed by atoms with Crippen LogP contribution in [0.2, 0.25) is 0 Å². The number of unbranched alkanes of at least 4 members (excludes halogenated alkanes) is 2. The van der Waals surface area contributed by atoms with Crippen molar-refractivity contribution in [3.63, 3.8) is 0 Å². The summed E-state index contributed by atoms with van der Waals surface area (Å²) >= 11 is 1.64. The Labute approximate surface area is 151 Å². The van der Waals surface area contributed by atoms with Crippen LogP contribution in [-0.4, -0.2) is 29.6 Å². The normalized spacial score (nSPS) is 10.8. The van der Waals surface area contributed by atoms with Crippen LogP contribution in [0.15, 0.2) is 41.8 Å². The summed E-state index contributed by atoms with van der Waals surface area (Å²) in [4.78, 5) is 21.6. The quantitative estimate of drug-likeness (QED) is 0.476. The number of hydrogen-bond donors (Lipinski definition) is 1. The number of carbonyl (C=O) groups is 1. The second kappa shape index (κ2) is 8.58. The molecule has 3 aromatic rings. The minimum atomic E-state index is -0.143. The molecule has 0 fully saturated rings. The number of rotatable bonds is 8. The Kier molecular flexibility index (Phi) is 5.95. The van der Waals surface area contributed by atoms with Crippen molar-refractivity contribution in [1.82, 2.24) is 9.97 Å². The zero-order valence-corrected chi connectivity index (χ0v) is 15.0. The first-order valence-corrected chi connectivity index (χ1v) is 9.27. The number of nitrogens with one attached hydrogen (secondary N) is 1. The molecule has 0 atom stereocenters. The van der Waals surface area contributed by atoms with Crippen LogP contribution in [0.5, 0.6) is 0 Å². The van der Waals surface area contributed by atoms with E-state index in [1.54, 1.807) is 11.3 Å². The highest BCUT2D eigenvalue weighted by atomic mass is 32.1. The Bertz CT molecular complexity index is 834. The molecule has 130 valence electrons. The maximum Gasteiger partial charge on any atom is 0.305 e. The molecule has 2 aromatic heterocycles. The van der Waals surface area contributed by atoms with Gasteiger partial charge in [-0.15, -0.1) is 11.3 Å². The lowest BCUT2D eigenvalue weighted by Crippen LogP contribution is -2.06. The third kappa shape index (κ3) is 4.54. The van der Waals surface area contributed by atoms with Crippen molar-refractivity contribution in [2.45, 2.75) is 25.7 Å². The van der Waals surface area contributed by atoms with Gasteiger partial charge in [0.1, 0.15) is 5.82 Å². The van der Waals surface area contributed by atoms with Gasteiger partial charge in [-0.3, -0.25) is 4.79 Å².